The molecule has 0 spiro atoms. The Bertz CT molecular complexity index is 549. The van der Waals surface area contributed by atoms with E-state index in [1.54, 1.807) is 0 Å². The summed E-state index contributed by atoms with van der Waals surface area (Å²) in [5.41, 5.74) is 0.749. The van der Waals surface area contributed by atoms with E-state index in [4.69, 9.17) is 5.11 Å². The predicted molar refractivity (Wildman–Crippen MR) is 74.8 cm³/mol. The van der Waals surface area contributed by atoms with Crippen LogP contribution in [0.5, 0.6) is 0 Å². The Morgan fingerprint density at radius 3 is 2.95 bits per heavy atom. The van der Waals surface area contributed by atoms with Gasteiger partial charge in [-0.2, -0.15) is 11.8 Å². The molecule has 6 heteroatoms. The third-order valence-corrected chi connectivity index (χ3v) is 4.24. The first-order chi connectivity index (χ1) is 9.13. The lowest BCUT2D eigenvalue weighted by molar-refractivity contribution is -0.798. The van der Waals surface area contributed by atoms with Crippen molar-refractivity contribution < 1.29 is 15.3 Å². The Balaban J connectivity index is 2.11. The minimum Gasteiger partial charge on any atom is -0.627 e. The van der Waals surface area contributed by atoms with Crippen LogP contribution in [-0.2, 0) is 0 Å². The van der Waals surface area contributed by atoms with Crippen molar-refractivity contribution in [3.05, 3.63) is 40.0 Å². The van der Waals surface area contributed by atoms with Crippen LogP contribution in [0.1, 0.15) is 6.92 Å². The summed E-state index contributed by atoms with van der Waals surface area (Å²) in [5, 5.41) is 32.0. The van der Waals surface area contributed by atoms with E-state index in [-0.39, 0.29) is 17.8 Å². The van der Waals surface area contributed by atoms with Crippen LogP contribution in [0.4, 0.5) is 0 Å². The molecule has 1 heterocycles. The average Bonchev–Trinajstić information content (AvgIpc) is 2.44. The molecule has 2 rings (SSSR count). The molecule has 0 saturated carbocycles. The first-order valence-corrected chi connectivity index (χ1v) is 7.33. The maximum absolute atomic E-state index is 12.2. The number of fused-ring (bicyclic) bond motifs is 1. The van der Waals surface area contributed by atoms with Crippen molar-refractivity contribution in [3.63, 3.8) is 0 Å². The fraction of sp³-hybridized carbons (Fsp3) is 0.462. The van der Waals surface area contributed by atoms with Gasteiger partial charge < -0.3 is 20.5 Å². The second-order valence-corrected chi connectivity index (χ2v) is 5.60. The number of hydrogen-bond donors (Lipinski definition) is 3. The Hall–Kier alpha value is -0.920. The van der Waals surface area contributed by atoms with Crippen LogP contribution in [0.3, 0.4) is 0 Å². The lowest BCUT2D eigenvalue weighted by Crippen LogP contribution is -3.10. The molecule has 104 valence electrons. The highest BCUT2D eigenvalue weighted by molar-refractivity contribution is 7.99. The van der Waals surface area contributed by atoms with Crippen LogP contribution in [0.25, 0.3) is 5.70 Å². The van der Waals surface area contributed by atoms with E-state index in [9.17, 15) is 10.3 Å². The normalized spacial score (nSPS) is 23.7. The Morgan fingerprint density at radius 2 is 2.21 bits per heavy atom. The van der Waals surface area contributed by atoms with Crippen molar-refractivity contribution in [1.29, 1.82) is 0 Å². The van der Waals surface area contributed by atoms with Crippen molar-refractivity contribution >= 4 is 17.5 Å². The number of aliphatic hydroxyl groups excluding tert-OH is 2. The van der Waals surface area contributed by atoms with Gasteiger partial charge in [-0.05, 0) is 12.1 Å². The molecule has 3 atom stereocenters. The number of thioether (sulfide) groups is 1. The van der Waals surface area contributed by atoms with Gasteiger partial charge >= 0.3 is 0 Å². The summed E-state index contributed by atoms with van der Waals surface area (Å²) < 4.78 is 0. The Labute approximate surface area is 115 Å². The lowest BCUT2D eigenvalue weighted by atomic mass is 10.2. The molecule has 1 aliphatic heterocycles. The van der Waals surface area contributed by atoms with Crippen LogP contribution in [0.2, 0.25) is 0 Å². The second kappa shape index (κ2) is 6.49. The van der Waals surface area contributed by atoms with E-state index < -0.39 is 6.10 Å². The molecule has 1 aliphatic rings. The fourth-order valence-corrected chi connectivity index (χ4v) is 2.96. The Kier molecular flexibility index (Phi) is 4.95. The molecule has 0 bridgehead atoms. The number of aliphatic hydroxyl groups is 2. The number of para-hydroxylation sites is 1. The highest BCUT2D eigenvalue weighted by atomic mass is 32.2. The van der Waals surface area contributed by atoms with E-state index in [1.807, 2.05) is 31.2 Å². The molecule has 0 fully saturated rings. The van der Waals surface area contributed by atoms with E-state index in [0.717, 1.165) is 16.3 Å². The van der Waals surface area contributed by atoms with Crippen molar-refractivity contribution in [1.82, 2.24) is 0 Å². The zero-order valence-corrected chi connectivity index (χ0v) is 11.6. The molecule has 0 amide bonds. The first kappa shape index (κ1) is 14.5. The maximum atomic E-state index is 12.2. The average molecular weight is 282 g/mol. The van der Waals surface area contributed by atoms with Gasteiger partial charge in [-0.1, -0.05) is 12.1 Å². The zero-order chi connectivity index (χ0) is 13.8. The highest BCUT2D eigenvalue weighted by Crippen LogP contribution is 2.05. The molecule has 5 nitrogen and oxygen atoms in total. The topological polar surface area (TPSA) is 80.3 Å². The van der Waals surface area contributed by atoms with Crippen LogP contribution in [-0.4, -0.2) is 40.6 Å². The molecule has 0 aromatic heterocycles. The number of rotatable bonds is 5. The monoisotopic (exact) mass is 282 g/mol. The van der Waals surface area contributed by atoms with Crippen molar-refractivity contribution in [2.24, 2.45) is 4.99 Å². The van der Waals surface area contributed by atoms with Crippen LogP contribution >= 0.6 is 11.8 Å². The zero-order valence-electron chi connectivity index (χ0n) is 10.7. The van der Waals surface area contributed by atoms with E-state index in [1.165, 1.54) is 11.8 Å². The molecule has 1 aromatic carbocycles. The third kappa shape index (κ3) is 3.34. The molecule has 1 aromatic rings. The van der Waals surface area contributed by atoms with Gasteiger partial charge in [-0.25, -0.2) is 4.99 Å². The van der Waals surface area contributed by atoms with Crippen LogP contribution in [0, 0.1) is 5.21 Å². The van der Waals surface area contributed by atoms with Gasteiger partial charge in [0.1, 0.15) is 5.70 Å². The smallest absolute Gasteiger partial charge is 0.194 e. The minimum atomic E-state index is -0.735. The Morgan fingerprint density at radius 1 is 1.47 bits per heavy atom. The predicted octanol–water partition coefficient (Wildman–Crippen LogP) is -1.76. The number of benzene rings is 1. The van der Waals surface area contributed by atoms with E-state index >= 15 is 0 Å². The molecular formula is C13H18N2O3S. The van der Waals surface area contributed by atoms with Crippen molar-refractivity contribution in [2.75, 3.05) is 18.1 Å². The van der Waals surface area contributed by atoms with Gasteiger partial charge in [-0.3, -0.25) is 0 Å². The molecular weight excluding hydrogens is 264 g/mol. The largest absolute Gasteiger partial charge is 0.627 e. The summed E-state index contributed by atoms with van der Waals surface area (Å²) >= 11 is 1.43. The quantitative estimate of drug-likeness (QED) is 0.559. The van der Waals surface area contributed by atoms with Gasteiger partial charge in [-0.15, -0.1) is 0 Å². The number of hydrogen-bond acceptors (Lipinski definition) is 5. The molecule has 0 aliphatic carbocycles. The molecule has 3 unspecified atom stereocenters. The van der Waals surface area contributed by atoms with E-state index in [0.29, 0.717) is 11.5 Å². The van der Waals surface area contributed by atoms with Crippen LogP contribution in [0.15, 0.2) is 29.3 Å². The SMILES string of the molecule is CC1=c2ccccc2=NC(CSCC(O)CO)[NH+]1[O-]. The summed E-state index contributed by atoms with van der Waals surface area (Å²) in [6.07, 6.45) is -1.12. The maximum Gasteiger partial charge on any atom is 0.194 e. The van der Waals surface area contributed by atoms with Gasteiger partial charge in [0.2, 0.25) is 0 Å². The van der Waals surface area contributed by atoms with Crippen molar-refractivity contribution in [3.8, 4) is 0 Å². The van der Waals surface area contributed by atoms with Crippen LogP contribution < -0.4 is 15.6 Å². The standard InChI is InChI=1S/C13H18N2O3S/c1-9-11-4-2-3-5-12(11)14-13(15(9)18)8-19-7-10(17)6-16/h2-5,10,13,15-17H,6-8H2,1H3. The molecule has 19 heavy (non-hydrogen) atoms. The van der Waals surface area contributed by atoms with Crippen molar-refractivity contribution in [2.45, 2.75) is 19.2 Å². The summed E-state index contributed by atoms with van der Waals surface area (Å²) in [4.78, 5) is 4.46. The minimum absolute atomic E-state index is 0.0460. The number of hydroxylamine groups is 2. The van der Waals surface area contributed by atoms with Gasteiger partial charge in [0, 0.05) is 12.7 Å². The molecule has 0 radical (unpaired) electrons. The number of nitrogens with zero attached hydrogens (tertiary/aromatic N) is 1. The second-order valence-electron chi connectivity index (χ2n) is 4.53. The number of quaternary nitrogens is 1. The van der Waals surface area contributed by atoms with Gasteiger partial charge in [0.25, 0.3) is 0 Å². The third-order valence-electron chi connectivity index (χ3n) is 3.07. The van der Waals surface area contributed by atoms with Gasteiger partial charge in [0.05, 0.1) is 29.0 Å². The van der Waals surface area contributed by atoms with Gasteiger partial charge in [0.15, 0.2) is 6.17 Å². The summed E-state index contributed by atoms with van der Waals surface area (Å²) in [6.45, 7) is 1.58. The molecule has 0 saturated heterocycles. The summed E-state index contributed by atoms with van der Waals surface area (Å²) in [6, 6.07) is 7.62. The highest BCUT2D eigenvalue weighted by Gasteiger charge is 2.20. The molecule has 3 N–H and O–H groups in total. The van der Waals surface area contributed by atoms with E-state index in [2.05, 4.69) is 4.99 Å². The summed E-state index contributed by atoms with van der Waals surface area (Å²) in [5.74, 6) is 0.943. The fourth-order valence-electron chi connectivity index (χ4n) is 1.99. The lowest BCUT2D eigenvalue weighted by Gasteiger charge is -2.31. The summed E-state index contributed by atoms with van der Waals surface area (Å²) in [7, 11) is 0. The first-order valence-electron chi connectivity index (χ1n) is 6.18. The number of nitrogens with one attached hydrogen (secondary N) is 1.